The van der Waals surface area contributed by atoms with Crippen LogP contribution in [-0.2, 0) is 0 Å². The van der Waals surface area contributed by atoms with Gasteiger partial charge in [0, 0.05) is 19.2 Å². The molecule has 1 aromatic carbocycles. The van der Waals surface area contributed by atoms with Crippen molar-refractivity contribution < 1.29 is 4.79 Å². The van der Waals surface area contributed by atoms with Crippen molar-refractivity contribution in [3.63, 3.8) is 0 Å². The fourth-order valence-electron chi connectivity index (χ4n) is 1.65. The topological polar surface area (TPSA) is 46.3 Å². The van der Waals surface area contributed by atoms with E-state index < -0.39 is 0 Å². The van der Waals surface area contributed by atoms with Gasteiger partial charge in [-0.1, -0.05) is 43.0 Å². The molecular formula is C13H18Cl2N2O. The Bertz CT molecular complexity index is 412. The van der Waals surface area contributed by atoms with Crippen LogP contribution in [0.1, 0.15) is 36.5 Å². The Hall–Kier alpha value is -0.930. The van der Waals surface area contributed by atoms with Crippen molar-refractivity contribution in [1.82, 2.24) is 4.90 Å². The highest BCUT2D eigenvalue weighted by molar-refractivity contribution is 6.43. The highest BCUT2D eigenvalue weighted by Crippen LogP contribution is 2.29. The van der Waals surface area contributed by atoms with Gasteiger partial charge in [-0.3, -0.25) is 4.79 Å². The predicted molar refractivity (Wildman–Crippen MR) is 77.4 cm³/mol. The maximum Gasteiger partial charge on any atom is 0.253 e. The third-order valence-electron chi connectivity index (χ3n) is 2.75. The zero-order chi connectivity index (χ0) is 13.7. The van der Waals surface area contributed by atoms with Crippen molar-refractivity contribution in [3.8, 4) is 0 Å². The van der Waals surface area contributed by atoms with Crippen LogP contribution < -0.4 is 5.73 Å². The second kappa shape index (κ2) is 6.86. The van der Waals surface area contributed by atoms with E-state index in [1.54, 1.807) is 24.1 Å². The average Bonchev–Trinajstić information content (AvgIpc) is 2.34. The summed E-state index contributed by atoms with van der Waals surface area (Å²) >= 11 is 11.8. The van der Waals surface area contributed by atoms with Crippen molar-refractivity contribution in [2.75, 3.05) is 19.3 Å². The highest BCUT2D eigenvalue weighted by atomic mass is 35.5. The number of halogens is 2. The van der Waals surface area contributed by atoms with Gasteiger partial charge < -0.3 is 10.6 Å². The van der Waals surface area contributed by atoms with Crippen molar-refractivity contribution in [2.45, 2.75) is 26.2 Å². The first kappa shape index (κ1) is 15.1. The van der Waals surface area contributed by atoms with E-state index in [0.29, 0.717) is 21.3 Å². The number of carbonyl (C=O) groups is 1. The SMILES string of the molecule is CCCCCN(C)C(=O)c1cc(N)c(Cl)c(Cl)c1. The molecule has 0 heterocycles. The molecule has 1 rings (SSSR count). The molecule has 0 saturated heterocycles. The summed E-state index contributed by atoms with van der Waals surface area (Å²) in [6, 6.07) is 3.12. The fourth-order valence-corrected chi connectivity index (χ4v) is 1.99. The summed E-state index contributed by atoms with van der Waals surface area (Å²) in [5.74, 6) is -0.0867. The molecule has 0 aliphatic rings. The van der Waals surface area contributed by atoms with Crippen LogP contribution in [0.5, 0.6) is 0 Å². The van der Waals surface area contributed by atoms with Gasteiger partial charge in [0.2, 0.25) is 0 Å². The van der Waals surface area contributed by atoms with Crippen LogP contribution in [-0.4, -0.2) is 24.4 Å². The van der Waals surface area contributed by atoms with E-state index in [1.165, 1.54) is 0 Å². The van der Waals surface area contributed by atoms with Gasteiger partial charge in [0.05, 0.1) is 15.7 Å². The van der Waals surface area contributed by atoms with Gasteiger partial charge in [0.15, 0.2) is 0 Å². The molecule has 1 aromatic rings. The van der Waals surface area contributed by atoms with Crippen LogP contribution in [0.3, 0.4) is 0 Å². The first-order valence-electron chi connectivity index (χ1n) is 5.97. The van der Waals surface area contributed by atoms with Crippen LogP contribution >= 0.6 is 23.2 Å². The van der Waals surface area contributed by atoms with Crippen LogP contribution in [0.25, 0.3) is 0 Å². The van der Waals surface area contributed by atoms with Crippen LogP contribution in [0.4, 0.5) is 5.69 Å². The lowest BCUT2D eigenvalue weighted by Gasteiger charge is -2.17. The van der Waals surface area contributed by atoms with Gasteiger partial charge in [-0.05, 0) is 18.6 Å². The van der Waals surface area contributed by atoms with Gasteiger partial charge in [0.25, 0.3) is 5.91 Å². The lowest BCUT2D eigenvalue weighted by Crippen LogP contribution is -2.27. The number of nitrogen functional groups attached to an aromatic ring is 1. The maximum absolute atomic E-state index is 12.1. The normalized spacial score (nSPS) is 10.4. The van der Waals surface area contributed by atoms with Gasteiger partial charge in [-0.15, -0.1) is 0 Å². The largest absolute Gasteiger partial charge is 0.397 e. The number of hydrogen-bond acceptors (Lipinski definition) is 2. The third-order valence-corrected chi connectivity index (χ3v) is 3.56. The Balaban J connectivity index is 2.77. The van der Waals surface area contributed by atoms with E-state index in [-0.39, 0.29) is 5.91 Å². The number of amides is 1. The molecule has 0 aromatic heterocycles. The van der Waals surface area contributed by atoms with Gasteiger partial charge in [0.1, 0.15) is 0 Å². The minimum Gasteiger partial charge on any atom is -0.397 e. The molecule has 0 spiro atoms. The minimum absolute atomic E-state index is 0.0867. The summed E-state index contributed by atoms with van der Waals surface area (Å²) in [6.45, 7) is 2.86. The molecule has 0 bridgehead atoms. The van der Waals surface area contributed by atoms with Gasteiger partial charge in [-0.2, -0.15) is 0 Å². The van der Waals surface area contributed by atoms with E-state index in [0.717, 1.165) is 25.8 Å². The summed E-state index contributed by atoms with van der Waals surface area (Å²) in [5.41, 5.74) is 6.50. The van der Waals surface area contributed by atoms with Crippen LogP contribution in [0.2, 0.25) is 10.0 Å². The first-order valence-corrected chi connectivity index (χ1v) is 6.73. The summed E-state index contributed by atoms with van der Waals surface area (Å²) in [6.07, 6.45) is 3.23. The number of nitrogens with zero attached hydrogens (tertiary/aromatic N) is 1. The molecule has 100 valence electrons. The molecule has 0 aliphatic heterocycles. The molecule has 0 radical (unpaired) electrons. The summed E-state index contributed by atoms with van der Waals surface area (Å²) in [5, 5.41) is 0.601. The molecule has 18 heavy (non-hydrogen) atoms. The van der Waals surface area contributed by atoms with E-state index in [4.69, 9.17) is 28.9 Å². The summed E-state index contributed by atoms with van der Waals surface area (Å²) in [4.78, 5) is 13.8. The second-order valence-electron chi connectivity index (χ2n) is 4.30. The number of benzene rings is 1. The molecular weight excluding hydrogens is 271 g/mol. The maximum atomic E-state index is 12.1. The Morgan fingerprint density at radius 3 is 2.56 bits per heavy atom. The first-order chi connectivity index (χ1) is 8.47. The van der Waals surface area contributed by atoms with E-state index in [2.05, 4.69) is 6.92 Å². The molecule has 0 aliphatic carbocycles. The molecule has 2 N–H and O–H groups in total. The molecule has 0 unspecified atom stereocenters. The second-order valence-corrected chi connectivity index (χ2v) is 5.08. The molecule has 0 fully saturated rings. The summed E-state index contributed by atoms with van der Waals surface area (Å²) in [7, 11) is 1.77. The number of nitrogens with two attached hydrogens (primary N) is 1. The lowest BCUT2D eigenvalue weighted by molar-refractivity contribution is 0.0793. The number of hydrogen-bond donors (Lipinski definition) is 1. The smallest absolute Gasteiger partial charge is 0.253 e. The number of rotatable bonds is 5. The van der Waals surface area contributed by atoms with Crippen molar-refractivity contribution in [2.24, 2.45) is 0 Å². The highest BCUT2D eigenvalue weighted by Gasteiger charge is 2.14. The van der Waals surface area contributed by atoms with Gasteiger partial charge in [-0.25, -0.2) is 0 Å². The Labute approximate surface area is 118 Å². The zero-order valence-electron chi connectivity index (χ0n) is 10.7. The molecule has 1 amide bonds. The standard InChI is InChI=1S/C13H18Cl2N2O/c1-3-4-5-6-17(2)13(18)9-7-10(14)12(15)11(16)8-9/h7-8H,3-6,16H2,1-2H3. The molecule has 0 atom stereocenters. The average molecular weight is 289 g/mol. The monoisotopic (exact) mass is 288 g/mol. The Morgan fingerprint density at radius 1 is 1.33 bits per heavy atom. The number of unbranched alkanes of at least 4 members (excludes halogenated alkanes) is 2. The van der Waals surface area contributed by atoms with E-state index in [1.807, 2.05) is 0 Å². The van der Waals surface area contributed by atoms with E-state index in [9.17, 15) is 4.79 Å². The minimum atomic E-state index is -0.0867. The van der Waals surface area contributed by atoms with Crippen molar-refractivity contribution in [1.29, 1.82) is 0 Å². The van der Waals surface area contributed by atoms with Crippen LogP contribution in [0.15, 0.2) is 12.1 Å². The molecule has 5 heteroatoms. The number of anilines is 1. The molecule has 0 saturated carbocycles. The molecule has 3 nitrogen and oxygen atoms in total. The zero-order valence-corrected chi connectivity index (χ0v) is 12.2. The van der Waals surface area contributed by atoms with Crippen molar-refractivity contribution >= 4 is 34.8 Å². The fraction of sp³-hybridized carbons (Fsp3) is 0.462. The Kier molecular flexibility index (Phi) is 5.76. The quantitative estimate of drug-likeness (QED) is 0.661. The summed E-state index contributed by atoms with van der Waals surface area (Å²) < 4.78 is 0. The predicted octanol–water partition coefficient (Wildman–Crippen LogP) is 3.84. The number of carbonyl (C=O) groups excluding carboxylic acids is 1. The van der Waals surface area contributed by atoms with Gasteiger partial charge >= 0.3 is 0 Å². The van der Waals surface area contributed by atoms with E-state index >= 15 is 0 Å². The Morgan fingerprint density at radius 2 is 2.00 bits per heavy atom. The third kappa shape index (κ3) is 3.79. The van der Waals surface area contributed by atoms with Crippen molar-refractivity contribution in [3.05, 3.63) is 27.7 Å². The van der Waals surface area contributed by atoms with Crippen LogP contribution in [0, 0.1) is 0 Å². The lowest BCUT2D eigenvalue weighted by atomic mass is 10.1.